The summed E-state index contributed by atoms with van der Waals surface area (Å²) in [5.41, 5.74) is 0.515. The maximum atomic E-state index is 13.8. The van der Waals surface area contributed by atoms with Crippen molar-refractivity contribution in [2.24, 2.45) is 0 Å². The lowest BCUT2D eigenvalue weighted by atomic mass is 10.2. The number of halogens is 1. The second-order valence-corrected chi connectivity index (χ2v) is 3.68. The summed E-state index contributed by atoms with van der Waals surface area (Å²) >= 11 is 0. The molecule has 94 valence electrons. The molecule has 0 radical (unpaired) electrons. The van der Waals surface area contributed by atoms with E-state index in [1.165, 1.54) is 6.07 Å². The number of hydrogen-bond donors (Lipinski definition) is 1. The van der Waals surface area contributed by atoms with Crippen LogP contribution in [-0.2, 0) is 0 Å². The Balaban J connectivity index is 2.42. The summed E-state index contributed by atoms with van der Waals surface area (Å²) < 4.78 is 13.8. The lowest BCUT2D eigenvalue weighted by Gasteiger charge is -2.22. The average Bonchev–Trinajstić information content (AvgIpc) is 2.42. The van der Waals surface area contributed by atoms with Crippen molar-refractivity contribution >= 4 is 17.5 Å². The molecule has 0 aliphatic heterocycles. The quantitative estimate of drug-likeness (QED) is 0.900. The van der Waals surface area contributed by atoms with E-state index < -0.39 is 0 Å². The van der Waals surface area contributed by atoms with Gasteiger partial charge in [-0.15, -0.1) is 0 Å². The van der Waals surface area contributed by atoms with E-state index in [-0.39, 0.29) is 5.82 Å². The molecule has 1 aromatic carbocycles. The molecular formula is C13H15FN4. The standard InChI is InChI=1S/C13H15FN4/c1-3-18(11-7-5-4-6-10(11)14)12-8-9-16-13(15-2)17-12/h4-9H,3H2,1-2H3,(H,15,16,17). The minimum atomic E-state index is -0.260. The highest BCUT2D eigenvalue weighted by Crippen LogP contribution is 2.25. The summed E-state index contributed by atoms with van der Waals surface area (Å²) in [6, 6.07) is 8.42. The Bertz CT molecular complexity index is 530. The molecule has 18 heavy (non-hydrogen) atoms. The number of nitrogens with zero attached hydrogens (tertiary/aromatic N) is 3. The Labute approximate surface area is 105 Å². The van der Waals surface area contributed by atoms with Gasteiger partial charge in [-0.2, -0.15) is 4.98 Å². The van der Waals surface area contributed by atoms with Gasteiger partial charge >= 0.3 is 0 Å². The fourth-order valence-corrected chi connectivity index (χ4v) is 1.75. The number of hydrogen-bond acceptors (Lipinski definition) is 4. The third-order valence-electron chi connectivity index (χ3n) is 2.60. The van der Waals surface area contributed by atoms with E-state index in [1.807, 2.05) is 6.92 Å². The van der Waals surface area contributed by atoms with Crippen LogP contribution in [0.25, 0.3) is 0 Å². The number of aromatic nitrogens is 2. The van der Waals surface area contributed by atoms with E-state index in [9.17, 15) is 4.39 Å². The van der Waals surface area contributed by atoms with E-state index in [0.717, 1.165) is 0 Å². The van der Waals surface area contributed by atoms with Crippen molar-refractivity contribution in [2.75, 3.05) is 23.8 Å². The first kappa shape index (κ1) is 12.3. The lowest BCUT2D eigenvalue weighted by Crippen LogP contribution is -2.19. The first-order chi connectivity index (χ1) is 8.76. The van der Waals surface area contributed by atoms with Gasteiger partial charge < -0.3 is 10.2 Å². The fraction of sp³-hybridized carbons (Fsp3) is 0.231. The zero-order valence-electron chi connectivity index (χ0n) is 10.4. The molecule has 1 N–H and O–H groups in total. The topological polar surface area (TPSA) is 41.1 Å². The van der Waals surface area contributed by atoms with Crippen molar-refractivity contribution < 1.29 is 4.39 Å². The van der Waals surface area contributed by atoms with Crippen molar-refractivity contribution in [1.82, 2.24) is 9.97 Å². The molecule has 0 saturated carbocycles. The SMILES string of the molecule is CCN(c1ccnc(NC)n1)c1ccccc1F. The van der Waals surface area contributed by atoms with Crippen LogP contribution >= 0.6 is 0 Å². The summed E-state index contributed by atoms with van der Waals surface area (Å²) in [4.78, 5) is 10.2. The zero-order valence-corrected chi connectivity index (χ0v) is 10.4. The van der Waals surface area contributed by atoms with Crippen LogP contribution in [0.1, 0.15) is 6.92 Å². The number of benzene rings is 1. The third kappa shape index (κ3) is 2.40. The fourth-order valence-electron chi connectivity index (χ4n) is 1.75. The monoisotopic (exact) mass is 246 g/mol. The molecule has 4 nitrogen and oxygen atoms in total. The summed E-state index contributed by atoms with van der Waals surface area (Å²) in [6.45, 7) is 2.58. The van der Waals surface area contributed by atoms with Crippen LogP contribution in [-0.4, -0.2) is 23.6 Å². The molecule has 0 atom stereocenters. The van der Waals surface area contributed by atoms with Gasteiger partial charge in [0.1, 0.15) is 11.6 Å². The molecule has 5 heteroatoms. The molecule has 0 amide bonds. The maximum absolute atomic E-state index is 13.8. The molecule has 1 heterocycles. The van der Waals surface area contributed by atoms with Crippen LogP contribution < -0.4 is 10.2 Å². The van der Waals surface area contributed by atoms with Crippen LogP contribution in [0.15, 0.2) is 36.5 Å². The van der Waals surface area contributed by atoms with E-state index in [2.05, 4.69) is 15.3 Å². The number of nitrogens with one attached hydrogen (secondary N) is 1. The number of anilines is 3. The Morgan fingerprint density at radius 2 is 2.06 bits per heavy atom. The number of para-hydroxylation sites is 1. The molecule has 0 unspecified atom stereocenters. The normalized spacial score (nSPS) is 10.2. The van der Waals surface area contributed by atoms with Crippen molar-refractivity contribution in [1.29, 1.82) is 0 Å². The predicted molar refractivity (Wildman–Crippen MR) is 70.7 cm³/mol. The van der Waals surface area contributed by atoms with Gasteiger partial charge in [-0.25, -0.2) is 9.37 Å². The van der Waals surface area contributed by atoms with Crippen LogP contribution in [0.2, 0.25) is 0 Å². The lowest BCUT2D eigenvalue weighted by molar-refractivity contribution is 0.625. The van der Waals surface area contributed by atoms with Gasteiger partial charge in [-0.1, -0.05) is 12.1 Å². The first-order valence-electron chi connectivity index (χ1n) is 5.79. The molecule has 0 bridgehead atoms. The Morgan fingerprint density at radius 1 is 1.28 bits per heavy atom. The Morgan fingerprint density at radius 3 is 2.72 bits per heavy atom. The van der Waals surface area contributed by atoms with Gasteiger partial charge in [-0.3, -0.25) is 0 Å². The second-order valence-electron chi connectivity index (χ2n) is 3.68. The van der Waals surface area contributed by atoms with Crippen LogP contribution in [0.3, 0.4) is 0 Å². The number of rotatable bonds is 4. The van der Waals surface area contributed by atoms with Crippen LogP contribution in [0.5, 0.6) is 0 Å². The Hall–Kier alpha value is -2.17. The van der Waals surface area contributed by atoms with E-state index in [1.54, 1.807) is 42.4 Å². The largest absolute Gasteiger partial charge is 0.357 e. The molecule has 2 aromatic rings. The van der Waals surface area contributed by atoms with Crippen molar-refractivity contribution in [3.05, 3.63) is 42.3 Å². The van der Waals surface area contributed by atoms with Gasteiger partial charge in [0, 0.05) is 19.8 Å². The molecule has 0 aliphatic rings. The average molecular weight is 246 g/mol. The molecule has 0 aliphatic carbocycles. The Kier molecular flexibility index (Phi) is 3.72. The smallest absolute Gasteiger partial charge is 0.224 e. The van der Waals surface area contributed by atoms with Gasteiger partial charge in [0.05, 0.1) is 5.69 Å². The second kappa shape index (κ2) is 5.44. The zero-order chi connectivity index (χ0) is 13.0. The predicted octanol–water partition coefficient (Wildman–Crippen LogP) is 2.82. The van der Waals surface area contributed by atoms with Gasteiger partial charge in [0.15, 0.2) is 0 Å². The molecule has 0 fully saturated rings. The minimum absolute atomic E-state index is 0.260. The molecule has 0 saturated heterocycles. The summed E-state index contributed by atoms with van der Waals surface area (Å²) in [5, 5.41) is 2.87. The van der Waals surface area contributed by atoms with Crippen LogP contribution in [0.4, 0.5) is 21.8 Å². The third-order valence-corrected chi connectivity index (χ3v) is 2.60. The summed E-state index contributed by atoms with van der Waals surface area (Å²) in [5.74, 6) is 0.924. The van der Waals surface area contributed by atoms with Crippen molar-refractivity contribution in [3.8, 4) is 0 Å². The molecule has 0 spiro atoms. The molecule has 2 rings (SSSR count). The van der Waals surface area contributed by atoms with Gasteiger partial charge in [0.2, 0.25) is 5.95 Å². The first-order valence-corrected chi connectivity index (χ1v) is 5.79. The molecule has 1 aromatic heterocycles. The van der Waals surface area contributed by atoms with Crippen molar-refractivity contribution in [2.45, 2.75) is 6.92 Å². The van der Waals surface area contributed by atoms with E-state index >= 15 is 0 Å². The summed E-state index contributed by atoms with van der Waals surface area (Å²) in [7, 11) is 1.75. The maximum Gasteiger partial charge on any atom is 0.224 e. The van der Waals surface area contributed by atoms with E-state index in [0.29, 0.717) is 24.0 Å². The van der Waals surface area contributed by atoms with Gasteiger partial charge in [-0.05, 0) is 25.1 Å². The minimum Gasteiger partial charge on any atom is -0.357 e. The van der Waals surface area contributed by atoms with Crippen molar-refractivity contribution in [3.63, 3.8) is 0 Å². The highest BCUT2D eigenvalue weighted by atomic mass is 19.1. The molecular weight excluding hydrogens is 231 g/mol. The summed E-state index contributed by atoms with van der Waals surface area (Å²) in [6.07, 6.45) is 1.65. The highest BCUT2D eigenvalue weighted by molar-refractivity contribution is 5.61. The van der Waals surface area contributed by atoms with Gasteiger partial charge in [0.25, 0.3) is 0 Å². The highest BCUT2D eigenvalue weighted by Gasteiger charge is 2.13. The van der Waals surface area contributed by atoms with Crippen LogP contribution in [0, 0.1) is 5.82 Å². The van der Waals surface area contributed by atoms with E-state index in [4.69, 9.17) is 0 Å².